The molecule has 1 fully saturated rings. The van der Waals surface area contributed by atoms with E-state index in [-0.39, 0.29) is 0 Å². The van der Waals surface area contributed by atoms with Crippen molar-refractivity contribution in [3.05, 3.63) is 34.9 Å². The summed E-state index contributed by atoms with van der Waals surface area (Å²) in [7, 11) is 0. The summed E-state index contributed by atoms with van der Waals surface area (Å²) in [6.07, 6.45) is 5.20. The van der Waals surface area contributed by atoms with E-state index in [2.05, 4.69) is 31.3 Å². The van der Waals surface area contributed by atoms with Crippen LogP contribution in [0.1, 0.15) is 38.7 Å². The number of hydrogen-bond acceptors (Lipinski definition) is 1. The fraction of sp³-hybridized carbons (Fsp3) is 0.625. The van der Waals surface area contributed by atoms with Crippen LogP contribution in [0, 0.1) is 11.8 Å². The van der Waals surface area contributed by atoms with Gasteiger partial charge in [0.25, 0.3) is 0 Å². The summed E-state index contributed by atoms with van der Waals surface area (Å²) in [5.41, 5.74) is 1.41. The summed E-state index contributed by atoms with van der Waals surface area (Å²) in [4.78, 5) is 0. The van der Waals surface area contributed by atoms with Crippen LogP contribution in [0.3, 0.4) is 0 Å². The second-order valence-electron chi connectivity index (χ2n) is 6.01. The van der Waals surface area contributed by atoms with E-state index >= 15 is 0 Å². The van der Waals surface area contributed by atoms with Crippen molar-refractivity contribution < 1.29 is 0 Å². The Kier molecular flexibility index (Phi) is 5.08. The number of benzene rings is 1. The zero-order chi connectivity index (χ0) is 13.0. The van der Waals surface area contributed by atoms with Crippen molar-refractivity contribution in [2.45, 2.75) is 45.6 Å². The number of nitrogens with one attached hydrogen (secondary N) is 1. The number of halogens is 1. The Morgan fingerprint density at radius 2 is 1.89 bits per heavy atom. The van der Waals surface area contributed by atoms with Crippen LogP contribution >= 0.6 is 11.6 Å². The van der Waals surface area contributed by atoms with Crippen LogP contribution in [-0.2, 0) is 6.42 Å². The maximum atomic E-state index is 5.93. The molecule has 100 valence electrons. The lowest BCUT2D eigenvalue weighted by molar-refractivity contribution is 0.384. The van der Waals surface area contributed by atoms with Gasteiger partial charge in [0.2, 0.25) is 0 Å². The molecule has 1 aromatic carbocycles. The minimum Gasteiger partial charge on any atom is -0.314 e. The quantitative estimate of drug-likeness (QED) is 0.775. The van der Waals surface area contributed by atoms with Crippen molar-refractivity contribution in [1.82, 2.24) is 5.32 Å². The van der Waals surface area contributed by atoms with E-state index < -0.39 is 0 Å². The first-order valence-corrected chi connectivity index (χ1v) is 7.49. The minimum atomic E-state index is 0.742. The van der Waals surface area contributed by atoms with E-state index in [1.54, 1.807) is 0 Å². The van der Waals surface area contributed by atoms with E-state index in [9.17, 15) is 0 Å². The molecule has 1 aromatic rings. The Morgan fingerprint density at radius 3 is 2.44 bits per heavy atom. The zero-order valence-corrected chi connectivity index (χ0v) is 12.2. The molecule has 0 bridgehead atoms. The molecule has 2 rings (SSSR count). The third-order valence-electron chi connectivity index (χ3n) is 3.51. The van der Waals surface area contributed by atoms with Crippen molar-refractivity contribution in [2.75, 3.05) is 6.54 Å². The van der Waals surface area contributed by atoms with Crippen LogP contribution in [0.2, 0.25) is 5.02 Å². The summed E-state index contributed by atoms with van der Waals surface area (Å²) in [5.74, 6) is 1.51. The molecule has 0 radical (unpaired) electrons. The second-order valence-corrected chi connectivity index (χ2v) is 6.45. The van der Waals surface area contributed by atoms with E-state index in [1.807, 2.05) is 12.1 Å². The third kappa shape index (κ3) is 4.99. The van der Waals surface area contributed by atoms with E-state index in [1.165, 1.54) is 24.8 Å². The van der Waals surface area contributed by atoms with Gasteiger partial charge in [-0.1, -0.05) is 37.6 Å². The van der Waals surface area contributed by atoms with Crippen LogP contribution in [0.15, 0.2) is 24.3 Å². The minimum absolute atomic E-state index is 0.742. The Morgan fingerprint density at radius 1 is 1.22 bits per heavy atom. The topological polar surface area (TPSA) is 12.0 Å². The zero-order valence-electron chi connectivity index (χ0n) is 11.5. The fourth-order valence-corrected chi connectivity index (χ4v) is 2.61. The lowest BCUT2D eigenvalue weighted by Gasteiger charge is -2.20. The fourth-order valence-electron chi connectivity index (χ4n) is 2.48. The first-order valence-electron chi connectivity index (χ1n) is 7.11. The summed E-state index contributed by atoms with van der Waals surface area (Å²) in [6.45, 7) is 5.78. The van der Waals surface area contributed by atoms with Gasteiger partial charge in [-0.3, -0.25) is 0 Å². The van der Waals surface area contributed by atoms with E-state index in [4.69, 9.17) is 11.6 Å². The Labute approximate surface area is 116 Å². The Bertz CT molecular complexity index is 354. The average molecular weight is 266 g/mol. The maximum absolute atomic E-state index is 5.93. The standard InChI is InChI=1S/C16H24ClN/c1-12(2)9-14(11-18-16-7-8-16)10-13-3-5-15(17)6-4-13/h3-6,12,14,16,18H,7-11H2,1-2H3. The molecule has 1 atom stereocenters. The van der Waals surface area contributed by atoms with Crippen molar-refractivity contribution in [2.24, 2.45) is 11.8 Å². The smallest absolute Gasteiger partial charge is 0.0406 e. The van der Waals surface area contributed by atoms with Gasteiger partial charge in [-0.05, 0) is 61.8 Å². The van der Waals surface area contributed by atoms with Gasteiger partial charge in [-0.15, -0.1) is 0 Å². The molecule has 0 aromatic heterocycles. The van der Waals surface area contributed by atoms with Crippen molar-refractivity contribution in [1.29, 1.82) is 0 Å². The van der Waals surface area contributed by atoms with Gasteiger partial charge in [-0.25, -0.2) is 0 Å². The van der Waals surface area contributed by atoms with Gasteiger partial charge in [0.1, 0.15) is 0 Å². The highest BCUT2D eigenvalue weighted by atomic mass is 35.5. The molecule has 2 heteroatoms. The summed E-state index contributed by atoms with van der Waals surface area (Å²) in [6, 6.07) is 9.12. The van der Waals surface area contributed by atoms with Crippen LogP contribution in [0.25, 0.3) is 0 Å². The van der Waals surface area contributed by atoms with Crippen molar-refractivity contribution in [3.8, 4) is 0 Å². The number of hydrogen-bond donors (Lipinski definition) is 1. The predicted octanol–water partition coefficient (Wildman–Crippen LogP) is 4.30. The van der Waals surface area contributed by atoms with Crippen LogP contribution in [0.4, 0.5) is 0 Å². The second kappa shape index (κ2) is 6.58. The van der Waals surface area contributed by atoms with Gasteiger partial charge < -0.3 is 5.32 Å². The van der Waals surface area contributed by atoms with Crippen LogP contribution in [-0.4, -0.2) is 12.6 Å². The number of rotatable bonds is 7. The van der Waals surface area contributed by atoms with E-state index in [0.717, 1.165) is 35.9 Å². The maximum Gasteiger partial charge on any atom is 0.0406 e. The van der Waals surface area contributed by atoms with Crippen molar-refractivity contribution >= 4 is 11.6 Å². The van der Waals surface area contributed by atoms with Gasteiger partial charge in [0, 0.05) is 11.1 Å². The molecule has 0 spiro atoms. The van der Waals surface area contributed by atoms with Crippen molar-refractivity contribution in [3.63, 3.8) is 0 Å². The molecule has 18 heavy (non-hydrogen) atoms. The Hall–Kier alpha value is -0.530. The molecule has 1 nitrogen and oxygen atoms in total. The molecule has 0 heterocycles. The normalized spacial score (nSPS) is 17.1. The molecular formula is C16H24ClN. The highest BCUT2D eigenvalue weighted by Crippen LogP contribution is 2.22. The van der Waals surface area contributed by atoms with Gasteiger partial charge >= 0.3 is 0 Å². The molecule has 0 amide bonds. The molecular weight excluding hydrogens is 242 g/mol. The molecule has 1 N–H and O–H groups in total. The molecule has 0 saturated heterocycles. The first kappa shape index (κ1) is 13.9. The lowest BCUT2D eigenvalue weighted by atomic mass is 9.91. The SMILES string of the molecule is CC(C)CC(CNC1CC1)Cc1ccc(Cl)cc1. The summed E-state index contributed by atoms with van der Waals surface area (Å²) < 4.78 is 0. The van der Waals surface area contributed by atoms with Gasteiger partial charge in [0.05, 0.1) is 0 Å². The monoisotopic (exact) mass is 265 g/mol. The molecule has 0 aliphatic heterocycles. The molecule has 1 aliphatic carbocycles. The largest absolute Gasteiger partial charge is 0.314 e. The highest BCUT2D eigenvalue weighted by molar-refractivity contribution is 6.30. The lowest BCUT2D eigenvalue weighted by Crippen LogP contribution is -2.27. The summed E-state index contributed by atoms with van der Waals surface area (Å²) in [5, 5.41) is 4.50. The molecule has 1 saturated carbocycles. The third-order valence-corrected chi connectivity index (χ3v) is 3.77. The summed E-state index contributed by atoms with van der Waals surface area (Å²) >= 11 is 5.93. The van der Waals surface area contributed by atoms with Crippen LogP contribution in [0.5, 0.6) is 0 Å². The van der Waals surface area contributed by atoms with Gasteiger partial charge in [-0.2, -0.15) is 0 Å². The Balaban J connectivity index is 1.87. The predicted molar refractivity (Wildman–Crippen MR) is 79.1 cm³/mol. The van der Waals surface area contributed by atoms with Gasteiger partial charge in [0.15, 0.2) is 0 Å². The first-order chi connectivity index (χ1) is 8.63. The average Bonchev–Trinajstić information content (AvgIpc) is 3.12. The molecule has 1 aliphatic rings. The molecule has 1 unspecified atom stereocenters. The van der Waals surface area contributed by atoms with E-state index in [0.29, 0.717) is 0 Å². The van der Waals surface area contributed by atoms with Crippen LogP contribution < -0.4 is 5.32 Å². The highest BCUT2D eigenvalue weighted by Gasteiger charge is 2.22.